The molecule has 0 spiro atoms. The minimum Gasteiger partial charge on any atom is -0.335 e. The summed E-state index contributed by atoms with van der Waals surface area (Å²) in [6.07, 6.45) is 26.0. The lowest BCUT2D eigenvalue weighted by Crippen LogP contribution is -3.12. The van der Waals surface area contributed by atoms with Gasteiger partial charge >= 0.3 is 15.6 Å². The number of rotatable bonds is 21. The Kier molecular flexibility index (Phi) is 24.7. The van der Waals surface area contributed by atoms with Crippen molar-refractivity contribution in [2.24, 2.45) is 0 Å². The van der Waals surface area contributed by atoms with Crippen LogP contribution in [0.1, 0.15) is 136 Å². The highest BCUT2D eigenvalue weighted by Gasteiger charge is 2.44. The molecule has 0 radical (unpaired) electrons. The highest BCUT2D eigenvalue weighted by Crippen LogP contribution is 2.20. The minimum absolute atomic E-state index is 1.37. The summed E-state index contributed by atoms with van der Waals surface area (Å²) >= 11 is 0. The van der Waals surface area contributed by atoms with E-state index in [1.165, 1.54) is 135 Å². The summed E-state index contributed by atoms with van der Waals surface area (Å²) in [4.78, 5) is 1.92. The van der Waals surface area contributed by atoms with E-state index in [4.69, 9.17) is 13.0 Å². The van der Waals surface area contributed by atoms with E-state index in [1.807, 2.05) is 4.90 Å². The molecule has 4 nitrogen and oxygen atoms in total. The number of halogens is 3. The van der Waals surface area contributed by atoms with Gasteiger partial charge < -0.3 is 4.90 Å². The normalized spacial score (nSPS) is 12.1. The predicted octanol–water partition coefficient (Wildman–Crippen LogP) is 7.35. The summed E-state index contributed by atoms with van der Waals surface area (Å²) in [7, 11) is -5.84. The molecule has 0 atom stereocenters. The molecule has 0 aliphatic carbocycles. The first-order chi connectivity index (χ1) is 15.6. The van der Waals surface area contributed by atoms with Gasteiger partial charge in [-0.25, -0.2) is 0 Å². The zero-order valence-corrected chi connectivity index (χ0v) is 22.5. The lowest BCUT2D eigenvalue weighted by Gasteiger charge is -2.20. The Morgan fingerprint density at radius 3 is 0.970 bits per heavy atom. The number of alkyl halides is 3. The van der Waals surface area contributed by atoms with Crippen LogP contribution in [0.25, 0.3) is 0 Å². The Labute approximate surface area is 202 Å². The summed E-state index contributed by atoms with van der Waals surface area (Å²) in [5, 5.41) is 0. The Balaban J connectivity index is 0. The van der Waals surface area contributed by atoms with Gasteiger partial charge in [-0.05, 0) is 38.5 Å². The van der Waals surface area contributed by atoms with Crippen molar-refractivity contribution < 1.29 is 31.0 Å². The monoisotopic (exact) mass is 504 g/mol. The fraction of sp³-hybridized carbons (Fsp3) is 1.00. The van der Waals surface area contributed by atoms with Crippen molar-refractivity contribution in [2.45, 2.75) is 142 Å². The Morgan fingerprint density at radius 2 is 0.758 bits per heavy atom. The van der Waals surface area contributed by atoms with Crippen LogP contribution in [-0.2, 0) is 10.1 Å². The second-order valence-electron chi connectivity index (χ2n) is 9.22. The largest absolute Gasteiger partial charge is 0.522 e. The van der Waals surface area contributed by atoms with Crippen molar-refractivity contribution in [1.29, 1.82) is 0 Å². The molecule has 202 valence electrons. The summed E-state index contributed by atoms with van der Waals surface area (Å²) in [6.45, 7) is 11.3. The second kappa shape index (κ2) is 23.4. The van der Waals surface area contributed by atoms with E-state index in [2.05, 4.69) is 20.8 Å². The molecule has 0 heterocycles. The fourth-order valence-electron chi connectivity index (χ4n) is 3.84. The molecule has 0 unspecified atom stereocenters. The van der Waals surface area contributed by atoms with Crippen molar-refractivity contribution in [1.82, 2.24) is 0 Å². The molecule has 0 aliphatic rings. The van der Waals surface area contributed by atoms with Gasteiger partial charge in [-0.3, -0.25) is 4.55 Å². The molecule has 33 heavy (non-hydrogen) atoms. The standard InChI is InChI=1S/C24H51N.CHF3O3S/c1-4-7-10-13-16-19-22-25(23-20-17-14-11-8-5-2)24-21-18-15-12-9-6-3;2-1(3,4)8(5,6)7/h4-24H2,1-3H3;(H,5,6,7)/p+1. The van der Waals surface area contributed by atoms with E-state index in [9.17, 15) is 13.2 Å². The number of hydrogen-bond donors (Lipinski definition) is 2. The molecule has 0 bridgehead atoms. The third-order valence-corrected chi connectivity index (χ3v) is 6.53. The van der Waals surface area contributed by atoms with Crippen molar-refractivity contribution in [3.63, 3.8) is 0 Å². The van der Waals surface area contributed by atoms with Gasteiger partial charge in [0, 0.05) is 0 Å². The van der Waals surface area contributed by atoms with Gasteiger partial charge in [0.1, 0.15) is 0 Å². The van der Waals surface area contributed by atoms with E-state index in [1.54, 1.807) is 0 Å². The van der Waals surface area contributed by atoms with Crippen molar-refractivity contribution in [2.75, 3.05) is 19.6 Å². The number of unbranched alkanes of at least 4 members (excludes halogenated alkanes) is 15. The molecule has 0 saturated carbocycles. The molecular formula is C25H53F3NO3S+. The molecule has 0 amide bonds. The maximum Gasteiger partial charge on any atom is 0.522 e. The van der Waals surface area contributed by atoms with Crippen LogP contribution < -0.4 is 4.90 Å². The predicted molar refractivity (Wildman–Crippen MR) is 133 cm³/mol. The molecule has 0 aromatic heterocycles. The van der Waals surface area contributed by atoms with E-state index in [-0.39, 0.29) is 0 Å². The van der Waals surface area contributed by atoms with Crippen LogP contribution >= 0.6 is 0 Å². The molecule has 0 aromatic carbocycles. The molecule has 0 aliphatic heterocycles. The quantitative estimate of drug-likeness (QED) is 0.0976. The van der Waals surface area contributed by atoms with Gasteiger partial charge in [-0.2, -0.15) is 21.6 Å². The average molecular weight is 505 g/mol. The maximum absolute atomic E-state index is 10.7. The summed E-state index contributed by atoms with van der Waals surface area (Å²) in [5.41, 5.74) is -5.53. The number of nitrogens with one attached hydrogen (secondary N) is 1. The van der Waals surface area contributed by atoms with Crippen LogP contribution in [0, 0.1) is 0 Å². The third kappa shape index (κ3) is 26.1. The molecule has 0 fully saturated rings. The van der Waals surface area contributed by atoms with Crippen molar-refractivity contribution in [3.05, 3.63) is 0 Å². The van der Waals surface area contributed by atoms with Crippen LogP contribution in [0.5, 0.6) is 0 Å². The molecule has 0 aromatic rings. The Morgan fingerprint density at radius 1 is 0.545 bits per heavy atom. The zero-order valence-electron chi connectivity index (χ0n) is 21.7. The summed E-state index contributed by atoms with van der Waals surface area (Å²) < 4.78 is 57.5. The highest BCUT2D eigenvalue weighted by atomic mass is 32.2. The molecule has 0 saturated heterocycles. The fourth-order valence-corrected chi connectivity index (χ4v) is 3.84. The van der Waals surface area contributed by atoms with E-state index >= 15 is 0 Å². The first-order valence-corrected chi connectivity index (χ1v) is 14.9. The first-order valence-electron chi connectivity index (χ1n) is 13.5. The lowest BCUT2D eigenvalue weighted by molar-refractivity contribution is -0.900. The Hall–Kier alpha value is -0.340. The second-order valence-corrected chi connectivity index (χ2v) is 10.6. The summed E-state index contributed by atoms with van der Waals surface area (Å²) in [5.74, 6) is 0. The van der Waals surface area contributed by atoms with Crippen LogP contribution in [0.15, 0.2) is 0 Å². The van der Waals surface area contributed by atoms with Crippen LogP contribution in [0.3, 0.4) is 0 Å². The van der Waals surface area contributed by atoms with Crippen LogP contribution in [0.4, 0.5) is 13.2 Å². The first kappa shape index (κ1) is 34.8. The molecular weight excluding hydrogens is 451 g/mol. The number of quaternary nitrogens is 1. The van der Waals surface area contributed by atoms with E-state index in [0.717, 1.165) is 0 Å². The van der Waals surface area contributed by atoms with E-state index in [0.29, 0.717) is 0 Å². The van der Waals surface area contributed by atoms with Gasteiger partial charge in [-0.1, -0.05) is 97.8 Å². The smallest absolute Gasteiger partial charge is 0.335 e. The van der Waals surface area contributed by atoms with Gasteiger partial charge in [0.2, 0.25) is 0 Å². The molecule has 2 N–H and O–H groups in total. The van der Waals surface area contributed by atoms with Gasteiger partial charge in [-0.15, -0.1) is 0 Å². The molecule has 0 rings (SSSR count). The summed E-state index contributed by atoms with van der Waals surface area (Å²) in [6, 6.07) is 0. The third-order valence-electron chi connectivity index (χ3n) is 5.94. The maximum atomic E-state index is 10.7. The SMILES string of the molecule is CCCCCCCC[NH+](CCCCCCCC)CCCCCCCC.O=S(=O)(O)C(F)(F)F. The van der Waals surface area contributed by atoms with Gasteiger partial charge in [0.05, 0.1) is 19.6 Å². The topological polar surface area (TPSA) is 58.8 Å². The van der Waals surface area contributed by atoms with Crippen molar-refractivity contribution >= 4 is 10.1 Å². The van der Waals surface area contributed by atoms with Gasteiger partial charge in [0.25, 0.3) is 0 Å². The zero-order chi connectivity index (χ0) is 25.4. The van der Waals surface area contributed by atoms with Crippen molar-refractivity contribution in [3.8, 4) is 0 Å². The van der Waals surface area contributed by atoms with Crippen LogP contribution in [0.2, 0.25) is 0 Å². The minimum atomic E-state index is -5.84. The van der Waals surface area contributed by atoms with E-state index < -0.39 is 15.6 Å². The Bertz CT molecular complexity index is 462. The van der Waals surface area contributed by atoms with Crippen LogP contribution in [-0.4, -0.2) is 38.1 Å². The highest BCUT2D eigenvalue weighted by molar-refractivity contribution is 7.86. The average Bonchev–Trinajstić information content (AvgIpc) is 2.74. The lowest BCUT2D eigenvalue weighted by atomic mass is 10.1. The molecule has 8 heteroatoms. The van der Waals surface area contributed by atoms with Gasteiger partial charge in [0.15, 0.2) is 0 Å². The number of hydrogen-bond acceptors (Lipinski definition) is 2.